The Morgan fingerprint density at radius 1 is 1.45 bits per heavy atom. The summed E-state index contributed by atoms with van der Waals surface area (Å²) < 4.78 is 5.05. The van der Waals surface area contributed by atoms with Gasteiger partial charge in [0, 0.05) is 12.2 Å². The van der Waals surface area contributed by atoms with Crippen molar-refractivity contribution in [1.29, 1.82) is 0 Å². The summed E-state index contributed by atoms with van der Waals surface area (Å²) in [5.74, 6) is 0.474. The van der Waals surface area contributed by atoms with Crippen molar-refractivity contribution < 1.29 is 9.53 Å². The van der Waals surface area contributed by atoms with Crippen molar-refractivity contribution >= 4 is 18.6 Å². The molecule has 0 aromatic heterocycles. The smallest absolute Gasteiger partial charge is 0.306 e. The molecule has 0 amide bonds. The van der Waals surface area contributed by atoms with Gasteiger partial charge in [0.15, 0.2) is 0 Å². The predicted octanol–water partition coefficient (Wildman–Crippen LogP) is 2.31. The molecule has 0 aliphatic carbocycles. The Morgan fingerprint density at radius 2 is 2.00 bits per heavy atom. The standard InChI is InChI=1S/C8H15O2S/c1-8(2,3)10-7(9)5-4-6-11/h4-6H2,1-3H3. The van der Waals surface area contributed by atoms with Crippen LogP contribution in [-0.4, -0.2) is 17.3 Å². The average molecular weight is 175 g/mol. The van der Waals surface area contributed by atoms with Crippen LogP contribution in [0.5, 0.6) is 0 Å². The number of carbonyl (C=O) groups excluding carboxylic acids is 1. The van der Waals surface area contributed by atoms with E-state index >= 15 is 0 Å². The van der Waals surface area contributed by atoms with Gasteiger partial charge in [-0.25, -0.2) is 0 Å². The number of esters is 1. The lowest BCUT2D eigenvalue weighted by Crippen LogP contribution is -2.23. The Hall–Kier alpha value is -0.180. The molecule has 0 spiro atoms. The zero-order chi connectivity index (χ0) is 8.91. The molecule has 2 nitrogen and oxygen atoms in total. The minimum Gasteiger partial charge on any atom is -0.460 e. The topological polar surface area (TPSA) is 26.3 Å². The fourth-order valence-electron chi connectivity index (χ4n) is 0.609. The van der Waals surface area contributed by atoms with Gasteiger partial charge in [0.2, 0.25) is 0 Å². The summed E-state index contributed by atoms with van der Waals surface area (Å²) in [6.07, 6.45) is 1.19. The van der Waals surface area contributed by atoms with E-state index in [0.717, 1.165) is 6.42 Å². The van der Waals surface area contributed by atoms with Crippen LogP contribution in [-0.2, 0) is 9.53 Å². The molecule has 0 saturated carbocycles. The largest absolute Gasteiger partial charge is 0.460 e. The Morgan fingerprint density at radius 3 is 2.36 bits per heavy atom. The number of hydrogen-bond acceptors (Lipinski definition) is 2. The summed E-state index contributed by atoms with van der Waals surface area (Å²) in [6, 6.07) is 0. The lowest BCUT2D eigenvalue weighted by atomic mass is 10.2. The van der Waals surface area contributed by atoms with E-state index in [-0.39, 0.29) is 11.6 Å². The first-order valence-corrected chi connectivity index (χ1v) is 4.33. The second-order valence-corrected chi connectivity index (χ2v) is 3.80. The maximum absolute atomic E-state index is 10.9. The molecule has 65 valence electrons. The minimum atomic E-state index is -0.363. The first kappa shape index (κ1) is 10.8. The molecule has 0 N–H and O–H groups in total. The van der Waals surface area contributed by atoms with Crippen LogP contribution in [0.2, 0.25) is 0 Å². The molecule has 0 atom stereocenters. The van der Waals surface area contributed by atoms with E-state index in [4.69, 9.17) is 17.4 Å². The van der Waals surface area contributed by atoms with Gasteiger partial charge in [0.1, 0.15) is 5.60 Å². The third-order valence-corrected chi connectivity index (χ3v) is 1.23. The molecule has 0 bridgehead atoms. The summed E-state index contributed by atoms with van der Waals surface area (Å²) >= 11 is 4.70. The van der Waals surface area contributed by atoms with Gasteiger partial charge in [0.25, 0.3) is 0 Å². The van der Waals surface area contributed by atoms with Crippen molar-refractivity contribution in [2.75, 3.05) is 5.75 Å². The van der Waals surface area contributed by atoms with Crippen molar-refractivity contribution in [2.45, 2.75) is 39.2 Å². The van der Waals surface area contributed by atoms with Gasteiger partial charge >= 0.3 is 5.97 Å². The molecule has 0 rings (SSSR count). The van der Waals surface area contributed by atoms with Gasteiger partial charge in [-0.2, -0.15) is 0 Å². The van der Waals surface area contributed by atoms with E-state index in [2.05, 4.69) is 0 Å². The fraction of sp³-hybridized carbons (Fsp3) is 0.875. The molecule has 0 aromatic carbocycles. The van der Waals surface area contributed by atoms with Crippen molar-refractivity contribution in [1.82, 2.24) is 0 Å². The molecule has 0 aliphatic rings. The molecule has 1 radical (unpaired) electrons. The minimum absolute atomic E-state index is 0.151. The monoisotopic (exact) mass is 175 g/mol. The lowest BCUT2D eigenvalue weighted by molar-refractivity contribution is -0.154. The van der Waals surface area contributed by atoms with E-state index in [0.29, 0.717) is 12.2 Å². The molecule has 0 unspecified atom stereocenters. The summed E-state index contributed by atoms with van der Waals surface area (Å²) in [4.78, 5) is 10.9. The first-order chi connectivity index (χ1) is 4.95. The lowest BCUT2D eigenvalue weighted by Gasteiger charge is -2.19. The third kappa shape index (κ3) is 7.72. The molecule has 0 aliphatic heterocycles. The van der Waals surface area contributed by atoms with Crippen LogP contribution in [0.1, 0.15) is 33.6 Å². The van der Waals surface area contributed by atoms with Gasteiger partial charge in [0.05, 0.1) is 0 Å². The molecule has 0 heterocycles. The number of rotatable bonds is 3. The van der Waals surface area contributed by atoms with Gasteiger partial charge < -0.3 is 4.74 Å². The van der Waals surface area contributed by atoms with Crippen molar-refractivity contribution in [3.63, 3.8) is 0 Å². The third-order valence-electron chi connectivity index (χ3n) is 0.945. The predicted molar refractivity (Wildman–Crippen MR) is 47.5 cm³/mol. The van der Waals surface area contributed by atoms with Gasteiger partial charge in [-0.05, 0) is 27.2 Å². The highest BCUT2D eigenvalue weighted by Crippen LogP contribution is 2.08. The molecule has 3 heteroatoms. The van der Waals surface area contributed by atoms with E-state index in [1.54, 1.807) is 0 Å². The van der Waals surface area contributed by atoms with Crippen LogP contribution < -0.4 is 0 Å². The number of carbonyl (C=O) groups is 1. The van der Waals surface area contributed by atoms with Gasteiger partial charge in [-0.3, -0.25) is 4.79 Å². The summed E-state index contributed by atoms with van der Waals surface area (Å²) in [6.45, 7) is 5.58. The van der Waals surface area contributed by atoms with Crippen molar-refractivity contribution in [3.05, 3.63) is 0 Å². The second-order valence-electron chi connectivity index (χ2n) is 3.39. The molecular formula is C8H15O2S. The maximum Gasteiger partial charge on any atom is 0.306 e. The van der Waals surface area contributed by atoms with Crippen molar-refractivity contribution in [3.8, 4) is 0 Å². The Bertz CT molecular complexity index is 127. The van der Waals surface area contributed by atoms with Crippen molar-refractivity contribution in [2.24, 2.45) is 0 Å². The molecule has 0 aromatic rings. The Balaban J connectivity index is 3.53. The van der Waals surface area contributed by atoms with E-state index < -0.39 is 0 Å². The summed E-state index contributed by atoms with van der Waals surface area (Å²) in [7, 11) is 0. The SMILES string of the molecule is CC(C)(C)OC(=O)CCC[S]. The molecular weight excluding hydrogens is 160 g/mol. The highest BCUT2D eigenvalue weighted by atomic mass is 32.1. The summed E-state index contributed by atoms with van der Waals surface area (Å²) in [5, 5.41) is 0. The van der Waals surface area contributed by atoms with Crippen LogP contribution in [0.4, 0.5) is 0 Å². The van der Waals surface area contributed by atoms with E-state index in [9.17, 15) is 4.79 Å². The van der Waals surface area contributed by atoms with Gasteiger partial charge in [-0.15, -0.1) is 0 Å². The second kappa shape index (κ2) is 4.65. The highest BCUT2D eigenvalue weighted by molar-refractivity contribution is 7.80. The normalized spacial score (nSPS) is 11.3. The van der Waals surface area contributed by atoms with Crippen LogP contribution in [0.15, 0.2) is 0 Å². The van der Waals surface area contributed by atoms with E-state index in [1.807, 2.05) is 20.8 Å². The quantitative estimate of drug-likeness (QED) is 0.615. The van der Waals surface area contributed by atoms with E-state index in [1.165, 1.54) is 0 Å². The zero-order valence-corrected chi connectivity index (χ0v) is 8.16. The average Bonchev–Trinajstić information content (AvgIpc) is 1.79. The van der Waals surface area contributed by atoms with Crippen LogP contribution >= 0.6 is 12.6 Å². The molecule has 11 heavy (non-hydrogen) atoms. The molecule has 0 saturated heterocycles. The first-order valence-electron chi connectivity index (χ1n) is 3.75. The Kier molecular flexibility index (Phi) is 4.57. The Labute approximate surface area is 73.7 Å². The van der Waals surface area contributed by atoms with Crippen LogP contribution in [0, 0.1) is 0 Å². The van der Waals surface area contributed by atoms with Gasteiger partial charge in [-0.1, -0.05) is 12.6 Å². The highest BCUT2D eigenvalue weighted by Gasteiger charge is 2.15. The fourth-order valence-corrected chi connectivity index (χ4v) is 0.753. The van der Waals surface area contributed by atoms with Crippen LogP contribution in [0.3, 0.4) is 0 Å². The van der Waals surface area contributed by atoms with Crippen LogP contribution in [0.25, 0.3) is 0 Å². The molecule has 0 fully saturated rings. The zero-order valence-electron chi connectivity index (χ0n) is 7.35. The summed E-state index contributed by atoms with van der Waals surface area (Å²) in [5.41, 5.74) is -0.363. The number of hydrogen-bond donors (Lipinski definition) is 0. The maximum atomic E-state index is 10.9. The number of ether oxygens (including phenoxy) is 1.